The monoisotopic (exact) mass is 361 g/mol. The van der Waals surface area contributed by atoms with E-state index in [-0.39, 0.29) is 36.2 Å². The summed E-state index contributed by atoms with van der Waals surface area (Å²) in [5, 5.41) is 0. The standard InChI is InChI=1S/C19H24N2O5/c1-3-26-15-6-4-14(5-7-15)21-17(22)12-16(18(21)23)20-10-8-13(9-11-20)19(24)25-2/h4-7,13,16H,3,8-12H2,1-2H3/p+1/t16-/m0/s1. The fourth-order valence-corrected chi connectivity index (χ4v) is 3.82. The molecule has 0 bridgehead atoms. The topological polar surface area (TPSA) is 77.3 Å². The van der Waals surface area contributed by atoms with E-state index in [4.69, 9.17) is 9.47 Å². The number of imide groups is 1. The van der Waals surface area contributed by atoms with Gasteiger partial charge >= 0.3 is 5.97 Å². The zero-order chi connectivity index (χ0) is 18.7. The highest BCUT2D eigenvalue weighted by Gasteiger charge is 2.47. The van der Waals surface area contributed by atoms with Crippen LogP contribution in [0.4, 0.5) is 5.69 Å². The lowest BCUT2D eigenvalue weighted by Crippen LogP contribution is -3.17. The molecular formula is C19H25N2O5+. The molecule has 0 aliphatic carbocycles. The maximum Gasteiger partial charge on any atom is 0.309 e. The molecule has 1 N–H and O–H groups in total. The van der Waals surface area contributed by atoms with E-state index in [9.17, 15) is 14.4 Å². The van der Waals surface area contributed by atoms with Crippen LogP contribution in [-0.2, 0) is 19.1 Å². The lowest BCUT2D eigenvalue weighted by Gasteiger charge is -2.30. The van der Waals surface area contributed by atoms with E-state index in [0.29, 0.717) is 44.0 Å². The molecule has 0 aromatic heterocycles. The number of carbonyl (C=O) groups excluding carboxylic acids is 3. The van der Waals surface area contributed by atoms with Crippen molar-refractivity contribution in [2.24, 2.45) is 5.92 Å². The van der Waals surface area contributed by atoms with Gasteiger partial charge in [0.05, 0.1) is 44.8 Å². The summed E-state index contributed by atoms with van der Waals surface area (Å²) < 4.78 is 10.2. The van der Waals surface area contributed by atoms with Crippen LogP contribution in [0.5, 0.6) is 5.75 Å². The second-order valence-corrected chi connectivity index (χ2v) is 6.71. The van der Waals surface area contributed by atoms with Gasteiger partial charge in [-0.2, -0.15) is 0 Å². The highest BCUT2D eigenvalue weighted by atomic mass is 16.5. The van der Waals surface area contributed by atoms with Gasteiger partial charge in [0, 0.05) is 12.8 Å². The van der Waals surface area contributed by atoms with Crippen molar-refractivity contribution in [1.29, 1.82) is 0 Å². The minimum Gasteiger partial charge on any atom is -0.494 e. The highest BCUT2D eigenvalue weighted by Crippen LogP contribution is 2.25. The zero-order valence-corrected chi connectivity index (χ0v) is 15.2. The molecule has 3 rings (SSSR count). The van der Waals surface area contributed by atoms with Gasteiger partial charge < -0.3 is 14.4 Å². The molecule has 1 atom stereocenters. The van der Waals surface area contributed by atoms with Crippen molar-refractivity contribution in [3.63, 3.8) is 0 Å². The number of nitrogens with zero attached hydrogens (tertiary/aromatic N) is 1. The molecule has 1 aromatic rings. The molecule has 0 radical (unpaired) electrons. The number of hydrogen-bond donors (Lipinski definition) is 1. The molecule has 1 aromatic carbocycles. The molecule has 2 aliphatic rings. The Bertz CT molecular complexity index is 680. The maximum atomic E-state index is 12.9. The van der Waals surface area contributed by atoms with Gasteiger partial charge in [-0.05, 0) is 31.2 Å². The van der Waals surface area contributed by atoms with E-state index < -0.39 is 0 Å². The Morgan fingerprint density at radius 1 is 1.19 bits per heavy atom. The van der Waals surface area contributed by atoms with Gasteiger partial charge in [-0.3, -0.25) is 14.4 Å². The fraction of sp³-hybridized carbons (Fsp3) is 0.526. The third kappa shape index (κ3) is 3.58. The van der Waals surface area contributed by atoms with Gasteiger partial charge in [0.1, 0.15) is 5.75 Å². The number of benzene rings is 1. The first-order valence-electron chi connectivity index (χ1n) is 9.07. The lowest BCUT2D eigenvalue weighted by molar-refractivity contribution is -0.920. The molecule has 2 saturated heterocycles. The molecule has 140 valence electrons. The van der Waals surface area contributed by atoms with Crippen molar-refractivity contribution >= 4 is 23.5 Å². The van der Waals surface area contributed by atoms with Crippen LogP contribution in [0.25, 0.3) is 0 Å². The van der Waals surface area contributed by atoms with Crippen LogP contribution in [0.15, 0.2) is 24.3 Å². The minimum atomic E-state index is -0.368. The number of amides is 2. The Labute approximate surface area is 152 Å². The second-order valence-electron chi connectivity index (χ2n) is 6.71. The molecule has 2 fully saturated rings. The molecule has 7 nitrogen and oxygen atoms in total. The number of anilines is 1. The average molecular weight is 361 g/mol. The summed E-state index contributed by atoms with van der Waals surface area (Å²) in [6, 6.07) is 6.64. The van der Waals surface area contributed by atoms with Crippen molar-refractivity contribution in [2.45, 2.75) is 32.2 Å². The Hall–Kier alpha value is -2.41. The van der Waals surface area contributed by atoms with Crippen LogP contribution in [0.3, 0.4) is 0 Å². The molecule has 0 spiro atoms. The number of nitrogens with one attached hydrogen (secondary N) is 1. The molecule has 2 aliphatic heterocycles. The SMILES string of the molecule is CCOc1ccc(N2C(=O)C[C@H]([NH+]3CCC(C(=O)OC)CC3)C2=O)cc1. The molecule has 0 saturated carbocycles. The third-order valence-corrected chi connectivity index (χ3v) is 5.21. The van der Waals surface area contributed by atoms with Gasteiger partial charge in [0.25, 0.3) is 5.91 Å². The molecule has 7 heteroatoms. The molecular weight excluding hydrogens is 336 g/mol. The van der Waals surface area contributed by atoms with Gasteiger partial charge in [-0.1, -0.05) is 0 Å². The summed E-state index contributed by atoms with van der Waals surface area (Å²) in [6.07, 6.45) is 1.58. The predicted octanol–water partition coefficient (Wildman–Crippen LogP) is 0.185. The third-order valence-electron chi connectivity index (χ3n) is 5.21. The highest BCUT2D eigenvalue weighted by molar-refractivity contribution is 6.21. The van der Waals surface area contributed by atoms with E-state index in [1.807, 2.05) is 6.92 Å². The normalized spacial score (nSPS) is 26.1. The first kappa shape index (κ1) is 18.4. The van der Waals surface area contributed by atoms with Crippen molar-refractivity contribution in [3.8, 4) is 5.75 Å². The van der Waals surface area contributed by atoms with E-state index in [1.54, 1.807) is 24.3 Å². The van der Waals surface area contributed by atoms with Crippen LogP contribution in [-0.4, -0.2) is 50.6 Å². The summed E-state index contributed by atoms with van der Waals surface area (Å²) in [5.74, 6) is 0.0897. The number of piperidine rings is 1. The predicted molar refractivity (Wildman–Crippen MR) is 93.9 cm³/mol. The number of quaternary nitrogens is 1. The van der Waals surface area contributed by atoms with Crippen molar-refractivity contribution in [1.82, 2.24) is 0 Å². The summed E-state index contributed by atoms with van der Waals surface area (Å²) in [7, 11) is 1.40. The Balaban J connectivity index is 1.66. The molecule has 0 unspecified atom stereocenters. The number of methoxy groups -OCH3 is 1. The first-order chi connectivity index (χ1) is 12.5. The number of esters is 1. The van der Waals surface area contributed by atoms with Crippen molar-refractivity contribution in [2.75, 3.05) is 31.7 Å². The number of carbonyl (C=O) groups is 3. The van der Waals surface area contributed by atoms with Crippen molar-refractivity contribution < 1.29 is 28.8 Å². The smallest absolute Gasteiger partial charge is 0.309 e. The summed E-state index contributed by atoms with van der Waals surface area (Å²) in [4.78, 5) is 39.3. The molecule has 2 amide bonds. The number of rotatable bonds is 5. The van der Waals surface area contributed by atoms with Crippen LogP contribution >= 0.6 is 0 Å². The Morgan fingerprint density at radius 2 is 1.85 bits per heavy atom. The number of hydrogen-bond acceptors (Lipinski definition) is 5. The van der Waals surface area contributed by atoms with Crippen LogP contribution < -0.4 is 14.5 Å². The number of likely N-dealkylation sites (tertiary alicyclic amines) is 1. The quantitative estimate of drug-likeness (QED) is 0.598. The van der Waals surface area contributed by atoms with Crippen LogP contribution in [0.2, 0.25) is 0 Å². The summed E-state index contributed by atoms with van der Waals surface area (Å²) >= 11 is 0. The minimum absolute atomic E-state index is 0.0989. The number of ether oxygens (including phenoxy) is 2. The molecule has 26 heavy (non-hydrogen) atoms. The summed E-state index contributed by atoms with van der Waals surface area (Å²) in [6.45, 7) is 3.85. The van der Waals surface area contributed by atoms with Crippen LogP contribution in [0.1, 0.15) is 26.2 Å². The van der Waals surface area contributed by atoms with E-state index >= 15 is 0 Å². The van der Waals surface area contributed by atoms with E-state index in [1.165, 1.54) is 12.0 Å². The average Bonchev–Trinajstić information content (AvgIpc) is 2.96. The molecule has 2 heterocycles. The van der Waals surface area contributed by atoms with Gasteiger partial charge in [0.15, 0.2) is 6.04 Å². The van der Waals surface area contributed by atoms with Gasteiger partial charge in [0.2, 0.25) is 5.91 Å². The van der Waals surface area contributed by atoms with Gasteiger partial charge in [-0.25, -0.2) is 4.90 Å². The Morgan fingerprint density at radius 3 is 2.42 bits per heavy atom. The first-order valence-corrected chi connectivity index (χ1v) is 9.07. The largest absolute Gasteiger partial charge is 0.494 e. The van der Waals surface area contributed by atoms with E-state index in [0.717, 1.165) is 4.90 Å². The fourth-order valence-electron chi connectivity index (χ4n) is 3.82. The lowest BCUT2D eigenvalue weighted by atomic mass is 9.95. The second kappa shape index (κ2) is 7.86. The van der Waals surface area contributed by atoms with Crippen molar-refractivity contribution in [3.05, 3.63) is 24.3 Å². The van der Waals surface area contributed by atoms with E-state index in [2.05, 4.69) is 0 Å². The maximum absolute atomic E-state index is 12.9. The van der Waals surface area contributed by atoms with Gasteiger partial charge in [-0.15, -0.1) is 0 Å². The Kier molecular flexibility index (Phi) is 5.56. The summed E-state index contributed by atoms with van der Waals surface area (Å²) in [5.41, 5.74) is 0.579. The van der Waals surface area contributed by atoms with Crippen LogP contribution in [0, 0.1) is 5.92 Å². The zero-order valence-electron chi connectivity index (χ0n) is 15.2.